The summed E-state index contributed by atoms with van der Waals surface area (Å²) in [6, 6.07) is 0. The third-order valence-corrected chi connectivity index (χ3v) is 0.183. The molecule has 0 aliphatic heterocycles. The number of carboxylic acid groups (broad SMARTS) is 2. The van der Waals surface area contributed by atoms with Gasteiger partial charge < -0.3 is 26.7 Å². The predicted octanol–water partition coefficient (Wildman–Crippen LogP) is -5.47. The van der Waals surface area contributed by atoms with Gasteiger partial charge in [-0.15, -0.1) is 0 Å². The van der Waals surface area contributed by atoms with Crippen molar-refractivity contribution in [1.82, 2.24) is 0 Å². The molecule has 0 aromatic rings. The van der Waals surface area contributed by atoms with Crippen LogP contribution in [0.4, 0.5) is 9.41 Å². The average Bonchev–Trinajstić information content (AvgIpc) is 1.63. The van der Waals surface area contributed by atoms with Crippen molar-refractivity contribution >= 4 is 19.3 Å². The molecule has 0 aromatic heterocycles. The van der Waals surface area contributed by atoms with E-state index in [-0.39, 0.29) is 29.7 Å². The van der Waals surface area contributed by atoms with Gasteiger partial charge in [0.2, 0.25) is 0 Å². The molecule has 0 radical (unpaired) electrons. The van der Waals surface area contributed by atoms with Gasteiger partial charge in [0.05, 0.1) is 0 Å². The summed E-state index contributed by atoms with van der Waals surface area (Å²) in [5, 5.41) is 36.3. The van der Waals surface area contributed by atoms with E-state index < -0.39 is 19.3 Å². The Morgan fingerprint density at radius 1 is 0.923 bits per heavy atom. The Morgan fingerprint density at radius 2 is 1.00 bits per heavy atom. The van der Waals surface area contributed by atoms with Crippen LogP contribution in [-0.2, 0) is 9.59 Å². The van der Waals surface area contributed by atoms with Crippen LogP contribution >= 0.6 is 0 Å². The van der Waals surface area contributed by atoms with Crippen LogP contribution in [0, 0.1) is 0 Å². The summed E-state index contributed by atoms with van der Waals surface area (Å²) in [6.07, 6.45) is 0. The summed E-state index contributed by atoms with van der Waals surface area (Å²) in [5.74, 6) is -3.65. The summed E-state index contributed by atoms with van der Waals surface area (Å²) < 4.78 is 0. The fraction of sp³-hybridized carbons (Fsp3) is 0. The van der Waals surface area contributed by atoms with E-state index in [2.05, 4.69) is 0 Å². The Hall–Kier alpha value is -0.658. The van der Waals surface area contributed by atoms with Crippen LogP contribution in [0.25, 0.3) is 0 Å². The zero-order chi connectivity index (χ0) is 8.73. The fourth-order valence-electron chi connectivity index (χ4n) is 0. The minimum Gasteiger partial charge on any atom is -1.00 e. The van der Waals surface area contributed by atoms with E-state index in [0.717, 1.165) is 0 Å². The van der Waals surface area contributed by atoms with Gasteiger partial charge in [-0.2, -0.15) is 0 Å². The second-order valence-corrected chi connectivity index (χ2v) is 0.957. The van der Waals surface area contributed by atoms with E-state index in [1.807, 2.05) is 0 Å². The van der Waals surface area contributed by atoms with Crippen LogP contribution in [0.5, 0.6) is 0 Å². The maximum Gasteiger partial charge on any atom is 1.00 e. The topological polar surface area (TPSA) is 135 Å². The van der Waals surface area contributed by atoms with Crippen molar-refractivity contribution in [2.45, 2.75) is 0 Å². The van der Waals surface area contributed by atoms with Crippen molar-refractivity contribution in [2.75, 3.05) is 0 Å². The fourth-order valence-corrected chi connectivity index (χ4v) is 0. The summed E-state index contributed by atoms with van der Waals surface area (Å²) in [4.78, 5) is 18.2. The summed E-state index contributed by atoms with van der Waals surface area (Å²) in [7, 11) is -2.17. The number of aliphatic carboxylic acids is 2. The first-order valence-electron chi connectivity index (χ1n) is 1.88. The molecule has 0 heterocycles. The molecule has 5 N–H and O–H groups in total. The van der Waals surface area contributed by atoms with Crippen LogP contribution in [0.2, 0.25) is 0 Å². The molecule has 0 bridgehead atoms. The van der Waals surface area contributed by atoms with Gasteiger partial charge in [0.1, 0.15) is 0 Å². The van der Waals surface area contributed by atoms with E-state index in [1.54, 1.807) is 0 Å². The molecular weight excluding hydrogens is 192 g/mol. The van der Waals surface area contributed by atoms with Gasteiger partial charge in [-0.1, -0.05) is 0 Å². The number of halogens is 2. The third kappa shape index (κ3) is 88.6. The zero-order valence-electron chi connectivity index (χ0n) is 7.45. The SMILES string of the molecule is F.F.O=C(O)C(=O)O.OB(O)O.[H-].[Li+]. The Morgan fingerprint density at radius 3 is 1.00 bits per heavy atom. The number of hydrogen-bond donors (Lipinski definition) is 5. The van der Waals surface area contributed by atoms with E-state index in [1.165, 1.54) is 0 Å². The van der Waals surface area contributed by atoms with Crippen molar-refractivity contribution in [3.05, 3.63) is 0 Å². The molecule has 0 fully saturated rings. The molecule has 76 valence electrons. The van der Waals surface area contributed by atoms with Crippen LogP contribution in [0.3, 0.4) is 0 Å². The Balaban J connectivity index is -0.0000000185. The molecule has 0 saturated carbocycles. The van der Waals surface area contributed by atoms with E-state index >= 15 is 0 Å². The molecule has 11 heteroatoms. The maximum atomic E-state index is 9.10. The van der Waals surface area contributed by atoms with Gasteiger partial charge in [0, 0.05) is 0 Å². The standard InChI is InChI=1S/C2H2O4.BH3O3.2FH.Li.H/c3-1(4)2(5)6;2-1(3)4;;;;/h(H,3,4)(H,5,6);2-4H;2*1H;;/q;;;;+1;-1. The molecule has 13 heavy (non-hydrogen) atoms. The Bertz CT molecular complexity index is 122. The van der Waals surface area contributed by atoms with Crippen LogP contribution in [-0.4, -0.2) is 44.5 Å². The second-order valence-electron chi connectivity index (χ2n) is 0.957. The first-order chi connectivity index (χ1) is 4.37. The van der Waals surface area contributed by atoms with E-state index in [0.29, 0.717) is 0 Å². The number of carbonyl (C=O) groups is 2. The molecule has 0 aliphatic carbocycles. The molecule has 7 nitrogen and oxygen atoms in total. The molecule has 0 unspecified atom stereocenters. The molecule has 0 aliphatic rings. The number of carboxylic acids is 2. The normalized spacial score (nSPS) is 5.46. The minimum atomic E-state index is -2.17. The van der Waals surface area contributed by atoms with Gasteiger partial charge >= 0.3 is 38.1 Å². The van der Waals surface area contributed by atoms with Gasteiger partial charge in [-0.25, -0.2) is 9.59 Å². The molecular formula is C2H8BF2LiO7. The second kappa shape index (κ2) is 17.4. The van der Waals surface area contributed by atoms with Gasteiger partial charge in [0.15, 0.2) is 0 Å². The molecule has 0 amide bonds. The first-order valence-corrected chi connectivity index (χ1v) is 1.88. The maximum absolute atomic E-state index is 9.10. The average molecular weight is 200 g/mol. The molecule has 0 saturated heterocycles. The summed E-state index contributed by atoms with van der Waals surface area (Å²) in [5.41, 5.74) is 0. The quantitative estimate of drug-likeness (QED) is 0.194. The van der Waals surface area contributed by atoms with Crippen molar-refractivity contribution in [1.29, 1.82) is 0 Å². The molecule has 0 atom stereocenters. The van der Waals surface area contributed by atoms with Crippen LogP contribution < -0.4 is 18.9 Å². The predicted molar refractivity (Wildman–Crippen MR) is 33.8 cm³/mol. The monoisotopic (exact) mass is 200 g/mol. The Kier molecular flexibility index (Phi) is 39.5. The van der Waals surface area contributed by atoms with Gasteiger partial charge in [-0.05, 0) is 0 Å². The molecule has 0 aromatic carbocycles. The van der Waals surface area contributed by atoms with Crippen molar-refractivity contribution in [3.8, 4) is 0 Å². The zero-order valence-corrected chi connectivity index (χ0v) is 6.45. The third-order valence-electron chi connectivity index (χ3n) is 0.183. The van der Waals surface area contributed by atoms with E-state index in [4.69, 9.17) is 34.9 Å². The van der Waals surface area contributed by atoms with Crippen LogP contribution in [0.1, 0.15) is 1.43 Å². The van der Waals surface area contributed by atoms with E-state index in [9.17, 15) is 0 Å². The first kappa shape index (κ1) is 29.5. The van der Waals surface area contributed by atoms with Crippen molar-refractivity contribution in [2.24, 2.45) is 0 Å². The Labute approximate surface area is 84.6 Å². The van der Waals surface area contributed by atoms with Crippen molar-refractivity contribution < 1.29 is 64.6 Å². The van der Waals surface area contributed by atoms with Crippen LogP contribution in [0.15, 0.2) is 0 Å². The smallest absolute Gasteiger partial charge is 1.00 e. The van der Waals surface area contributed by atoms with Crippen molar-refractivity contribution in [3.63, 3.8) is 0 Å². The number of hydrogen-bond acceptors (Lipinski definition) is 5. The minimum absolute atomic E-state index is 0. The molecule has 0 spiro atoms. The largest absolute Gasteiger partial charge is 1.00 e. The summed E-state index contributed by atoms with van der Waals surface area (Å²) in [6.45, 7) is 0. The molecule has 0 rings (SSSR count). The number of rotatable bonds is 0. The van der Waals surface area contributed by atoms with Gasteiger partial charge in [-0.3, -0.25) is 9.41 Å². The van der Waals surface area contributed by atoms with Gasteiger partial charge in [0.25, 0.3) is 0 Å². The summed E-state index contributed by atoms with van der Waals surface area (Å²) >= 11 is 0.